The van der Waals surface area contributed by atoms with Gasteiger partial charge in [0.25, 0.3) is 0 Å². The summed E-state index contributed by atoms with van der Waals surface area (Å²) in [5.41, 5.74) is 2.53. The minimum absolute atomic E-state index is 0.886. The molecule has 0 saturated heterocycles. The van der Waals surface area contributed by atoms with Crippen LogP contribution in [0.3, 0.4) is 0 Å². The Hall–Kier alpha value is -1.61. The highest BCUT2D eigenvalue weighted by atomic mass is 14.9. The van der Waals surface area contributed by atoms with E-state index in [2.05, 4.69) is 39.4 Å². The summed E-state index contributed by atoms with van der Waals surface area (Å²) in [6.45, 7) is 1.80. The zero-order chi connectivity index (χ0) is 10.5. The molecule has 2 heterocycles. The average molecular weight is 201 g/mol. The summed E-state index contributed by atoms with van der Waals surface area (Å²) in [6.07, 6.45) is 7.95. The van der Waals surface area contributed by atoms with Crippen LogP contribution in [0.2, 0.25) is 0 Å². The zero-order valence-electron chi connectivity index (χ0n) is 8.85. The van der Waals surface area contributed by atoms with Crippen LogP contribution in [0.15, 0.2) is 43.0 Å². The highest BCUT2D eigenvalue weighted by Gasteiger charge is 1.97. The van der Waals surface area contributed by atoms with Gasteiger partial charge in [0.05, 0.1) is 0 Å². The van der Waals surface area contributed by atoms with Crippen molar-refractivity contribution in [2.75, 3.05) is 7.05 Å². The number of nitrogens with zero attached hydrogens (tertiary/aromatic N) is 2. The number of rotatable bonds is 4. The Kier molecular flexibility index (Phi) is 3.15. The molecule has 3 nitrogen and oxygen atoms in total. The third-order valence-corrected chi connectivity index (χ3v) is 2.28. The van der Waals surface area contributed by atoms with Crippen LogP contribution in [0.4, 0.5) is 0 Å². The van der Waals surface area contributed by atoms with Gasteiger partial charge in [-0.1, -0.05) is 6.07 Å². The van der Waals surface area contributed by atoms with Gasteiger partial charge in [0.1, 0.15) is 0 Å². The number of hydrogen-bond donors (Lipinski definition) is 1. The number of hydrogen-bond acceptors (Lipinski definition) is 2. The lowest BCUT2D eigenvalue weighted by Gasteiger charge is -2.01. The van der Waals surface area contributed by atoms with Gasteiger partial charge in [0.15, 0.2) is 0 Å². The second-order valence-corrected chi connectivity index (χ2v) is 3.58. The predicted molar refractivity (Wildman–Crippen MR) is 60.5 cm³/mol. The largest absolute Gasteiger partial charge is 0.350 e. The standard InChI is InChI=1S/C12H15N3/c1-13-7-12-4-6-15(10-12)9-11-3-2-5-14-8-11/h2-6,8,10,13H,7,9H2,1H3. The van der Waals surface area contributed by atoms with Crippen LogP contribution in [0.25, 0.3) is 0 Å². The molecule has 0 spiro atoms. The fourth-order valence-corrected chi connectivity index (χ4v) is 1.60. The molecule has 1 N–H and O–H groups in total. The number of nitrogens with one attached hydrogen (secondary N) is 1. The molecule has 0 saturated carbocycles. The monoisotopic (exact) mass is 201 g/mol. The van der Waals surface area contributed by atoms with E-state index in [0.29, 0.717) is 0 Å². The summed E-state index contributed by atoms with van der Waals surface area (Å²) in [6, 6.07) is 6.19. The molecule has 15 heavy (non-hydrogen) atoms. The molecule has 0 fully saturated rings. The molecule has 0 aliphatic heterocycles. The summed E-state index contributed by atoms with van der Waals surface area (Å²) in [5.74, 6) is 0. The Morgan fingerprint density at radius 1 is 1.33 bits per heavy atom. The van der Waals surface area contributed by atoms with E-state index < -0.39 is 0 Å². The fourth-order valence-electron chi connectivity index (χ4n) is 1.60. The molecule has 0 bridgehead atoms. The van der Waals surface area contributed by atoms with Gasteiger partial charge >= 0.3 is 0 Å². The highest BCUT2D eigenvalue weighted by Crippen LogP contribution is 2.04. The van der Waals surface area contributed by atoms with Crippen LogP contribution in [0.1, 0.15) is 11.1 Å². The van der Waals surface area contributed by atoms with E-state index >= 15 is 0 Å². The van der Waals surface area contributed by atoms with Crippen molar-refractivity contribution in [1.82, 2.24) is 14.9 Å². The summed E-state index contributed by atoms with van der Waals surface area (Å²) in [7, 11) is 1.96. The minimum Gasteiger partial charge on any atom is -0.350 e. The van der Waals surface area contributed by atoms with E-state index in [4.69, 9.17) is 0 Å². The van der Waals surface area contributed by atoms with Crippen molar-refractivity contribution in [3.8, 4) is 0 Å². The molecule has 78 valence electrons. The maximum absolute atomic E-state index is 4.10. The van der Waals surface area contributed by atoms with Gasteiger partial charge < -0.3 is 9.88 Å². The lowest BCUT2D eigenvalue weighted by molar-refractivity contribution is 0.780. The van der Waals surface area contributed by atoms with Gasteiger partial charge in [-0.2, -0.15) is 0 Å². The molecule has 0 amide bonds. The number of aromatic nitrogens is 2. The van der Waals surface area contributed by atoms with E-state index in [1.807, 2.05) is 19.3 Å². The topological polar surface area (TPSA) is 29.9 Å². The molecule has 0 aliphatic rings. The van der Waals surface area contributed by atoms with E-state index in [0.717, 1.165) is 13.1 Å². The van der Waals surface area contributed by atoms with Crippen molar-refractivity contribution in [2.24, 2.45) is 0 Å². The van der Waals surface area contributed by atoms with Crippen molar-refractivity contribution in [3.63, 3.8) is 0 Å². The lowest BCUT2D eigenvalue weighted by Crippen LogP contribution is -2.04. The quantitative estimate of drug-likeness (QED) is 0.815. The van der Waals surface area contributed by atoms with Gasteiger partial charge in [-0.05, 0) is 30.3 Å². The van der Waals surface area contributed by atoms with E-state index in [1.54, 1.807) is 6.20 Å². The third kappa shape index (κ3) is 2.67. The molecule has 0 aromatic carbocycles. The van der Waals surface area contributed by atoms with Crippen molar-refractivity contribution in [3.05, 3.63) is 54.1 Å². The molecule has 2 rings (SSSR count). The Morgan fingerprint density at radius 2 is 2.27 bits per heavy atom. The van der Waals surface area contributed by atoms with Crippen molar-refractivity contribution in [1.29, 1.82) is 0 Å². The summed E-state index contributed by atoms with van der Waals surface area (Å²) >= 11 is 0. The molecule has 0 unspecified atom stereocenters. The fraction of sp³-hybridized carbons (Fsp3) is 0.250. The van der Waals surface area contributed by atoms with Gasteiger partial charge in [0, 0.05) is 37.9 Å². The third-order valence-electron chi connectivity index (χ3n) is 2.28. The first-order chi connectivity index (χ1) is 7.38. The Labute approximate surface area is 89.8 Å². The first-order valence-electron chi connectivity index (χ1n) is 5.06. The van der Waals surface area contributed by atoms with Crippen LogP contribution < -0.4 is 5.32 Å². The molecule has 2 aromatic rings. The molecule has 0 atom stereocenters. The average Bonchev–Trinajstić information content (AvgIpc) is 2.68. The Bertz CT molecular complexity index is 406. The summed E-state index contributed by atoms with van der Waals surface area (Å²) < 4.78 is 2.17. The van der Waals surface area contributed by atoms with Gasteiger partial charge in [-0.3, -0.25) is 4.98 Å². The summed E-state index contributed by atoms with van der Waals surface area (Å²) in [5, 5.41) is 3.14. The van der Waals surface area contributed by atoms with Gasteiger partial charge in [0.2, 0.25) is 0 Å². The SMILES string of the molecule is CNCc1ccn(Cc2cccnc2)c1. The van der Waals surface area contributed by atoms with E-state index in [-0.39, 0.29) is 0 Å². The van der Waals surface area contributed by atoms with E-state index in [9.17, 15) is 0 Å². The van der Waals surface area contributed by atoms with Crippen molar-refractivity contribution < 1.29 is 0 Å². The zero-order valence-corrected chi connectivity index (χ0v) is 8.85. The van der Waals surface area contributed by atoms with Crippen molar-refractivity contribution in [2.45, 2.75) is 13.1 Å². The lowest BCUT2D eigenvalue weighted by atomic mass is 10.3. The van der Waals surface area contributed by atoms with Crippen LogP contribution in [0, 0.1) is 0 Å². The van der Waals surface area contributed by atoms with Crippen LogP contribution in [0.5, 0.6) is 0 Å². The van der Waals surface area contributed by atoms with Gasteiger partial charge in [-0.25, -0.2) is 0 Å². The first kappa shape index (κ1) is 9.93. The minimum atomic E-state index is 0.886. The van der Waals surface area contributed by atoms with Crippen molar-refractivity contribution >= 4 is 0 Å². The maximum Gasteiger partial charge on any atom is 0.0485 e. The molecular formula is C12H15N3. The smallest absolute Gasteiger partial charge is 0.0485 e. The van der Waals surface area contributed by atoms with Gasteiger partial charge in [-0.15, -0.1) is 0 Å². The predicted octanol–water partition coefficient (Wildman–Crippen LogP) is 1.65. The van der Waals surface area contributed by atoms with Crippen LogP contribution in [-0.2, 0) is 13.1 Å². The van der Waals surface area contributed by atoms with E-state index in [1.165, 1.54) is 11.1 Å². The maximum atomic E-state index is 4.10. The van der Waals surface area contributed by atoms with Crippen LogP contribution >= 0.6 is 0 Å². The number of pyridine rings is 1. The second kappa shape index (κ2) is 4.75. The first-order valence-corrected chi connectivity index (χ1v) is 5.06. The Morgan fingerprint density at radius 3 is 3.00 bits per heavy atom. The molecular weight excluding hydrogens is 186 g/mol. The second-order valence-electron chi connectivity index (χ2n) is 3.58. The highest BCUT2D eigenvalue weighted by molar-refractivity contribution is 5.14. The molecule has 3 heteroatoms. The normalized spacial score (nSPS) is 10.5. The molecule has 0 radical (unpaired) electrons. The van der Waals surface area contributed by atoms with Crippen LogP contribution in [-0.4, -0.2) is 16.6 Å². The molecule has 2 aromatic heterocycles. The summed E-state index contributed by atoms with van der Waals surface area (Å²) in [4.78, 5) is 4.10. The molecule has 0 aliphatic carbocycles. The Balaban J connectivity index is 2.05.